The number of rotatable bonds is 6. The van der Waals surface area contributed by atoms with Gasteiger partial charge in [-0.15, -0.1) is 0 Å². The summed E-state index contributed by atoms with van der Waals surface area (Å²) >= 11 is 5.66. The number of benzene rings is 1. The van der Waals surface area contributed by atoms with E-state index in [-0.39, 0.29) is 0 Å². The van der Waals surface area contributed by atoms with Crippen LogP contribution in [-0.2, 0) is 16.6 Å². The summed E-state index contributed by atoms with van der Waals surface area (Å²) in [6, 6.07) is 10.8. The SMILES string of the molecule is C[Si](C)(C)C[S+](C/C=C/Cl)Cc1ccccc1. The molecule has 94 valence electrons. The maximum absolute atomic E-state index is 5.66. The lowest BCUT2D eigenvalue weighted by Gasteiger charge is -2.16. The predicted molar refractivity (Wildman–Crippen MR) is 85.6 cm³/mol. The Kier molecular flexibility index (Phi) is 6.38. The van der Waals surface area contributed by atoms with Crippen molar-refractivity contribution in [2.45, 2.75) is 25.4 Å². The van der Waals surface area contributed by atoms with Crippen molar-refractivity contribution in [2.75, 3.05) is 11.1 Å². The van der Waals surface area contributed by atoms with E-state index in [2.05, 4.69) is 56.0 Å². The van der Waals surface area contributed by atoms with E-state index in [1.807, 2.05) is 0 Å². The Morgan fingerprint density at radius 1 is 1.18 bits per heavy atom. The molecule has 0 heterocycles. The van der Waals surface area contributed by atoms with Crippen LogP contribution in [-0.4, -0.2) is 19.2 Å². The predicted octanol–water partition coefficient (Wildman–Crippen LogP) is 4.43. The van der Waals surface area contributed by atoms with E-state index in [1.54, 1.807) is 5.54 Å². The molecule has 1 aromatic carbocycles. The third-order valence-corrected chi connectivity index (χ3v) is 8.95. The second-order valence-electron chi connectivity index (χ2n) is 5.48. The average Bonchev–Trinajstić information content (AvgIpc) is 2.25. The topological polar surface area (TPSA) is 0 Å². The minimum atomic E-state index is -0.989. The molecule has 0 bridgehead atoms. The molecule has 3 heteroatoms. The van der Waals surface area contributed by atoms with Crippen molar-refractivity contribution in [3.63, 3.8) is 0 Å². The highest BCUT2D eigenvalue weighted by Crippen LogP contribution is 2.15. The number of hydrogen-bond donors (Lipinski definition) is 0. The molecule has 0 N–H and O–H groups in total. The summed E-state index contributed by atoms with van der Waals surface area (Å²) in [7, 11) is -0.543. The Labute approximate surface area is 114 Å². The van der Waals surface area contributed by atoms with Crippen molar-refractivity contribution in [1.82, 2.24) is 0 Å². The summed E-state index contributed by atoms with van der Waals surface area (Å²) in [5, 5.41) is 1.39. The molecule has 0 amide bonds. The quantitative estimate of drug-likeness (QED) is 0.536. The van der Waals surface area contributed by atoms with Gasteiger partial charge < -0.3 is 0 Å². The maximum atomic E-state index is 5.66. The van der Waals surface area contributed by atoms with Gasteiger partial charge in [0.05, 0.1) is 5.38 Å². The molecule has 0 aromatic heterocycles. The van der Waals surface area contributed by atoms with Gasteiger partial charge >= 0.3 is 0 Å². The van der Waals surface area contributed by atoms with Gasteiger partial charge in [0, 0.05) is 11.1 Å². The molecule has 0 aliphatic carbocycles. The number of halogens is 1. The first-order valence-corrected chi connectivity index (χ1v) is 11.8. The zero-order chi connectivity index (χ0) is 12.7. The van der Waals surface area contributed by atoms with E-state index in [4.69, 9.17) is 11.6 Å². The Morgan fingerprint density at radius 2 is 1.82 bits per heavy atom. The minimum Gasteiger partial charge on any atom is -0.0931 e. The van der Waals surface area contributed by atoms with Gasteiger partial charge in [0.2, 0.25) is 0 Å². The molecular formula is C14H22ClSSi+. The first-order chi connectivity index (χ1) is 8.01. The zero-order valence-electron chi connectivity index (χ0n) is 10.9. The van der Waals surface area contributed by atoms with Gasteiger partial charge in [-0.3, -0.25) is 0 Å². The van der Waals surface area contributed by atoms with E-state index >= 15 is 0 Å². The van der Waals surface area contributed by atoms with E-state index in [0.29, 0.717) is 10.9 Å². The summed E-state index contributed by atoms with van der Waals surface area (Å²) in [6.07, 6.45) is 2.10. The average molecular weight is 286 g/mol. The van der Waals surface area contributed by atoms with Crippen LogP contribution in [0.15, 0.2) is 41.9 Å². The molecule has 1 aromatic rings. The largest absolute Gasteiger partial charge is 0.133 e. The lowest BCUT2D eigenvalue weighted by molar-refractivity contribution is 1.39. The fourth-order valence-corrected chi connectivity index (χ4v) is 8.89. The Morgan fingerprint density at radius 3 is 2.35 bits per heavy atom. The molecule has 1 atom stereocenters. The highest BCUT2D eigenvalue weighted by atomic mass is 35.5. The van der Waals surface area contributed by atoms with Crippen LogP contribution in [0.1, 0.15) is 5.56 Å². The standard InChI is InChI=1S/C14H22ClSSi/c1-17(2,3)13-16(11-7-10-15)12-14-8-5-4-6-9-14/h4-10H,11-13H2,1-3H3/q+1/b10-7+. The Bertz CT molecular complexity index is 343. The van der Waals surface area contributed by atoms with Gasteiger partial charge in [-0.2, -0.15) is 0 Å². The molecule has 0 fully saturated rings. The van der Waals surface area contributed by atoms with Gasteiger partial charge in [-0.05, 0) is 17.0 Å². The molecular weight excluding hydrogens is 264 g/mol. The molecule has 0 radical (unpaired) electrons. The molecule has 0 nitrogen and oxygen atoms in total. The second-order valence-corrected chi connectivity index (χ2v) is 13.9. The monoisotopic (exact) mass is 285 g/mol. The Hall–Kier alpha value is -0.183. The molecule has 0 aliphatic rings. The number of hydrogen-bond acceptors (Lipinski definition) is 0. The zero-order valence-corrected chi connectivity index (χ0v) is 13.5. The van der Waals surface area contributed by atoms with Crippen LogP contribution in [0, 0.1) is 0 Å². The lowest BCUT2D eigenvalue weighted by Crippen LogP contribution is -2.34. The smallest absolute Gasteiger partial charge is 0.0931 e. The molecule has 0 saturated heterocycles. The summed E-state index contributed by atoms with van der Waals surface area (Å²) in [6.45, 7) is 7.34. The van der Waals surface area contributed by atoms with E-state index in [1.165, 1.54) is 16.7 Å². The summed E-state index contributed by atoms with van der Waals surface area (Å²) in [5.41, 5.74) is 3.12. The molecule has 1 unspecified atom stereocenters. The molecule has 0 saturated carbocycles. The van der Waals surface area contributed by atoms with E-state index in [9.17, 15) is 0 Å². The van der Waals surface area contributed by atoms with Crippen molar-refractivity contribution >= 4 is 30.6 Å². The van der Waals surface area contributed by atoms with Crippen molar-refractivity contribution in [3.8, 4) is 0 Å². The van der Waals surface area contributed by atoms with Crippen LogP contribution in [0.3, 0.4) is 0 Å². The van der Waals surface area contributed by atoms with Crippen molar-refractivity contribution < 1.29 is 0 Å². The van der Waals surface area contributed by atoms with Gasteiger partial charge in [-0.1, -0.05) is 61.6 Å². The van der Waals surface area contributed by atoms with Crippen LogP contribution in [0.2, 0.25) is 19.6 Å². The second kappa shape index (κ2) is 7.30. The van der Waals surface area contributed by atoms with Crippen LogP contribution in [0.25, 0.3) is 0 Å². The van der Waals surface area contributed by atoms with Crippen LogP contribution >= 0.6 is 11.6 Å². The molecule has 0 aliphatic heterocycles. The normalized spacial score (nSPS) is 14.1. The van der Waals surface area contributed by atoms with Crippen LogP contribution in [0.5, 0.6) is 0 Å². The first-order valence-electron chi connectivity index (χ1n) is 5.94. The molecule has 17 heavy (non-hydrogen) atoms. The first kappa shape index (κ1) is 14.9. The van der Waals surface area contributed by atoms with Crippen LogP contribution in [0.4, 0.5) is 0 Å². The van der Waals surface area contributed by atoms with Gasteiger partial charge in [0.25, 0.3) is 0 Å². The minimum absolute atomic E-state index is 0.446. The molecule has 0 spiro atoms. The van der Waals surface area contributed by atoms with Crippen molar-refractivity contribution in [3.05, 3.63) is 47.5 Å². The van der Waals surface area contributed by atoms with E-state index in [0.717, 1.165) is 5.75 Å². The highest BCUT2D eigenvalue weighted by molar-refractivity contribution is 7.97. The summed E-state index contributed by atoms with van der Waals surface area (Å²) < 4.78 is 0. The fourth-order valence-electron chi connectivity index (χ4n) is 1.76. The summed E-state index contributed by atoms with van der Waals surface area (Å²) in [5.74, 6) is 2.33. The third-order valence-electron chi connectivity index (χ3n) is 2.27. The molecule has 1 rings (SSSR count). The van der Waals surface area contributed by atoms with Gasteiger partial charge in [-0.25, -0.2) is 0 Å². The van der Waals surface area contributed by atoms with Gasteiger partial charge in [0.15, 0.2) is 0 Å². The fraction of sp³-hybridized carbons (Fsp3) is 0.429. The van der Waals surface area contributed by atoms with Gasteiger partial charge in [0.1, 0.15) is 19.6 Å². The lowest BCUT2D eigenvalue weighted by atomic mass is 10.2. The Balaban J connectivity index is 2.63. The third kappa shape index (κ3) is 6.97. The summed E-state index contributed by atoms with van der Waals surface area (Å²) in [4.78, 5) is 0. The van der Waals surface area contributed by atoms with Crippen molar-refractivity contribution in [1.29, 1.82) is 0 Å². The highest BCUT2D eigenvalue weighted by Gasteiger charge is 2.27. The van der Waals surface area contributed by atoms with Crippen LogP contribution < -0.4 is 0 Å². The van der Waals surface area contributed by atoms with Crippen molar-refractivity contribution in [2.24, 2.45) is 0 Å². The van der Waals surface area contributed by atoms with E-state index < -0.39 is 8.07 Å². The maximum Gasteiger partial charge on any atom is 0.133 e.